The van der Waals surface area contributed by atoms with E-state index >= 15 is 0 Å². The first-order valence-electron chi connectivity index (χ1n) is 12.5. The minimum atomic E-state index is -0.358. The molecule has 0 atom stereocenters. The summed E-state index contributed by atoms with van der Waals surface area (Å²) in [4.78, 5) is 44.1. The number of methoxy groups -OCH3 is 1. The largest absolute Gasteiger partial charge is 0.454 e. The van der Waals surface area contributed by atoms with Crippen molar-refractivity contribution >= 4 is 29.3 Å². The Balaban J connectivity index is 1.40. The number of carbonyl (C=O) groups excluding carboxylic acids is 3. The SMILES string of the molecule is COC(=O)N1CCN(c2ccc(C(=O)N3CCCNCC3)cc2NC(=O)c2ccc3c(c2)OCO3)CC1. The average Bonchev–Trinajstić information content (AvgIpc) is 3.24. The zero-order valence-corrected chi connectivity index (χ0v) is 20.8. The average molecular weight is 510 g/mol. The van der Waals surface area contributed by atoms with Crippen LogP contribution in [0.25, 0.3) is 0 Å². The summed E-state index contributed by atoms with van der Waals surface area (Å²) in [6.07, 6.45) is 0.533. The molecule has 2 N–H and O–H groups in total. The molecule has 2 aromatic rings. The fourth-order valence-corrected chi connectivity index (χ4v) is 4.77. The first kappa shape index (κ1) is 24.7. The van der Waals surface area contributed by atoms with Gasteiger partial charge in [0.15, 0.2) is 11.5 Å². The van der Waals surface area contributed by atoms with Crippen molar-refractivity contribution in [3.8, 4) is 11.5 Å². The van der Waals surface area contributed by atoms with Crippen LogP contribution in [-0.4, -0.2) is 94.0 Å². The van der Waals surface area contributed by atoms with Gasteiger partial charge >= 0.3 is 6.09 Å². The zero-order chi connectivity index (χ0) is 25.8. The Bertz CT molecular complexity index is 1170. The predicted octanol–water partition coefficient (Wildman–Crippen LogP) is 1.99. The van der Waals surface area contributed by atoms with Gasteiger partial charge in [-0.25, -0.2) is 4.79 Å². The molecule has 11 heteroatoms. The predicted molar refractivity (Wildman–Crippen MR) is 137 cm³/mol. The third-order valence-electron chi connectivity index (χ3n) is 6.81. The number of ether oxygens (including phenoxy) is 3. The Morgan fingerprint density at radius 2 is 1.65 bits per heavy atom. The summed E-state index contributed by atoms with van der Waals surface area (Å²) in [6.45, 7) is 5.18. The van der Waals surface area contributed by atoms with Crippen LogP contribution in [0.3, 0.4) is 0 Å². The van der Waals surface area contributed by atoms with Crippen LogP contribution in [0.1, 0.15) is 27.1 Å². The molecular weight excluding hydrogens is 478 g/mol. The highest BCUT2D eigenvalue weighted by atomic mass is 16.7. The first-order chi connectivity index (χ1) is 18.0. The summed E-state index contributed by atoms with van der Waals surface area (Å²) >= 11 is 0. The molecule has 0 spiro atoms. The normalized spacial score (nSPS) is 17.3. The molecule has 3 heterocycles. The van der Waals surface area contributed by atoms with Crippen molar-refractivity contribution < 1.29 is 28.6 Å². The molecule has 196 valence electrons. The number of nitrogens with one attached hydrogen (secondary N) is 2. The van der Waals surface area contributed by atoms with Crippen LogP contribution in [0.15, 0.2) is 36.4 Å². The summed E-state index contributed by atoms with van der Waals surface area (Å²) in [7, 11) is 1.37. The third kappa shape index (κ3) is 5.41. The summed E-state index contributed by atoms with van der Waals surface area (Å²) in [6, 6.07) is 10.4. The summed E-state index contributed by atoms with van der Waals surface area (Å²) < 4.78 is 15.6. The Labute approximate surface area is 215 Å². The Morgan fingerprint density at radius 1 is 0.865 bits per heavy atom. The number of nitrogens with zero attached hydrogens (tertiary/aromatic N) is 3. The van der Waals surface area contributed by atoms with Gasteiger partial charge in [0.25, 0.3) is 11.8 Å². The second kappa shape index (κ2) is 11.0. The maximum atomic E-state index is 13.3. The van der Waals surface area contributed by atoms with Crippen molar-refractivity contribution in [2.24, 2.45) is 0 Å². The minimum absolute atomic E-state index is 0.0654. The molecule has 2 aromatic carbocycles. The van der Waals surface area contributed by atoms with Crippen LogP contribution in [0.2, 0.25) is 0 Å². The molecule has 0 unspecified atom stereocenters. The molecule has 37 heavy (non-hydrogen) atoms. The van der Waals surface area contributed by atoms with E-state index in [4.69, 9.17) is 14.2 Å². The van der Waals surface area contributed by atoms with Gasteiger partial charge in [-0.1, -0.05) is 0 Å². The van der Waals surface area contributed by atoms with Crippen molar-refractivity contribution in [2.45, 2.75) is 6.42 Å². The maximum Gasteiger partial charge on any atom is 0.409 e. The minimum Gasteiger partial charge on any atom is -0.454 e. The Kier molecular flexibility index (Phi) is 7.31. The first-order valence-corrected chi connectivity index (χ1v) is 12.5. The van der Waals surface area contributed by atoms with E-state index in [1.54, 1.807) is 35.2 Å². The standard InChI is InChI=1S/C26H31N5O6/c1-35-26(34)31-13-11-29(12-14-31)21-5-3-19(25(33)30-9-2-7-27-8-10-30)15-20(21)28-24(32)18-4-6-22-23(16-18)37-17-36-22/h3-6,15-16,27H,2,7-14,17H2,1H3,(H,28,32). The van der Waals surface area contributed by atoms with Crippen LogP contribution >= 0.6 is 0 Å². The molecule has 3 amide bonds. The lowest BCUT2D eigenvalue weighted by atomic mass is 10.1. The lowest BCUT2D eigenvalue weighted by Gasteiger charge is -2.36. The van der Waals surface area contributed by atoms with Crippen LogP contribution in [0, 0.1) is 0 Å². The van der Waals surface area contributed by atoms with Gasteiger partial charge in [0.05, 0.1) is 18.5 Å². The molecule has 0 radical (unpaired) electrons. The molecule has 0 aliphatic carbocycles. The molecule has 5 rings (SSSR count). The lowest BCUT2D eigenvalue weighted by molar-refractivity contribution is 0.0766. The van der Waals surface area contributed by atoms with Crippen LogP contribution in [0.5, 0.6) is 11.5 Å². The van der Waals surface area contributed by atoms with Crippen molar-refractivity contribution in [1.82, 2.24) is 15.1 Å². The van der Waals surface area contributed by atoms with Crippen molar-refractivity contribution in [2.75, 3.05) is 76.5 Å². The van der Waals surface area contributed by atoms with Crippen molar-refractivity contribution in [3.05, 3.63) is 47.5 Å². The second-order valence-electron chi connectivity index (χ2n) is 9.09. The summed E-state index contributed by atoms with van der Waals surface area (Å²) in [5.41, 5.74) is 2.25. The van der Waals surface area contributed by atoms with E-state index in [2.05, 4.69) is 15.5 Å². The van der Waals surface area contributed by atoms with Gasteiger partial charge in [-0.2, -0.15) is 0 Å². The molecule has 3 aliphatic rings. The molecule has 3 aliphatic heterocycles. The number of fused-ring (bicyclic) bond motifs is 1. The number of rotatable bonds is 4. The molecule has 0 bridgehead atoms. The number of carbonyl (C=O) groups is 3. The molecule has 11 nitrogen and oxygen atoms in total. The van der Waals surface area contributed by atoms with E-state index in [0.717, 1.165) is 25.2 Å². The van der Waals surface area contributed by atoms with Crippen LogP contribution in [-0.2, 0) is 4.74 Å². The van der Waals surface area contributed by atoms with E-state index in [9.17, 15) is 14.4 Å². The molecule has 0 saturated carbocycles. The number of benzene rings is 2. The fourth-order valence-electron chi connectivity index (χ4n) is 4.77. The van der Waals surface area contributed by atoms with Crippen LogP contribution in [0.4, 0.5) is 16.2 Å². The lowest BCUT2D eigenvalue weighted by Crippen LogP contribution is -2.49. The van der Waals surface area contributed by atoms with Gasteiger partial charge in [0.2, 0.25) is 6.79 Å². The van der Waals surface area contributed by atoms with E-state index < -0.39 is 0 Å². The van der Waals surface area contributed by atoms with Crippen molar-refractivity contribution in [3.63, 3.8) is 0 Å². The van der Waals surface area contributed by atoms with E-state index in [0.29, 0.717) is 67.6 Å². The van der Waals surface area contributed by atoms with Gasteiger partial charge in [0, 0.05) is 56.9 Å². The van der Waals surface area contributed by atoms with Crippen molar-refractivity contribution in [1.29, 1.82) is 0 Å². The Hall–Kier alpha value is -3.99. The maximum absolute atomic E-state index is 13.3. The number of piperazine rings is 1. The molecule has 0 aromatic heterocycles. The number of anilines is 2. The number of hydrogen-bond donors (Lipinski definition) is 2. The smallest absolute Gasteiger partial charge is 0.409 e. The van der Waals surface area contributed by atoms with Gasteiger partial charge in [0.1, 0.15) is 0 Å². The highest BCUT2D eigenvalue weighted by Crippen LogP contribution is 2.34. The molecular formula is C26H31N5O6. The zero-order valence-electron chi connectivity index (χ0n) is 20.8. The fraction of sp³-hybridized carbons (Fsp3) is 0.423. The van der Waals surface area contributed by atoms with E-state index in [-0.39, 0.29) is 24.7 Å². The van der Waals surface area contributed by atoms with Gasteiger partial charge < -0.3 is 39.5 Å². The molecule has 2 fully saturated rings. The number of hydrogen-bond acceptors (Lipinski definition) is 8. The van der Waals surface area contributed by atoms with Gasteiger partial charge in [-0.15, -0.1) is 0 Å². The summed E-state index contributed by atoms with van der Waals surface area (Å²) in [5, 5.41) is 6.32. The monoisotopic (exact) mass is 509 g/mol. The van der Waals surface area contributed by atoms with Gasteiger partial charge in [-0.05, 0) is 49.4 Å². The highest BCUT2D eigenvalue weighted by molar-refractivity contribution is 6.07. The van der Waals surface area contributed by atoms with Gasteiger partial charge in [-0.3, -0.25) is 9.59 Å². The summed E-state index contributed by atoms with van der Waals surface area (Å²) in [5.74, 6) is 0.728. The third-order valence-corrected chi connectivity index (χ3v) is 6.81. The van der Waals surface area contributed by atoms with E-state index in [1.165, 1.54) is 7.11 Å². The van der Waals surface area contributed by atoms with E-state index in [1.807, 2.05) is 11.0 Å². The second-order valence-corrected chi connectivity index (χ2v) is 9.09. The highest BCUT2D eigenvalue weighted by Gasteiger charge is 2.26. The quantitative estimate of drug-likeness (QED) is 0.644. The Morgan fingerprint density at radius 3 is 2.46 bits per heavy atom. The van der Waals surface area contributed by atoms with Crippen LogP contribution < -0.4 is 25.0 Å². The number of amides is 3. The molecule has 2 saturated heterocycles. The topological polar surface area (TPSA) is 113 Å².